The lowest BCUT2D eigenvalue weighted by atomic mass is 9.90. The van der Waals surface area contributed by atoms with Gasteiger partial charge >= 0.3 is 0 Å². The van der Waals surface area contributed by atoms with E-state index in [-0.39, 0.29) is 0 Å². The van der Waals surface area contributed by atoms with Gasteiger partial charge in [-0.3, -0.25) is 4.90 Å². The first-order valence-electron chi connectivity index (χ1n) is 8.82. The van der Waals surface area contributed by atoms with Crippen LogP contribution in [0.25, 0.3) is 0 Å². The van der Waals surface area contributed by atoms with Crippen LogP contribution in [0.4, 0.5) is 5.13 Å². The van der Waals surface area contributed by atoms with Gasteiger partial charge in [0.25, 0.3) is 0 Å². The maximum atomic E-state index is 5.45. The molecule has 1 aromatic heterocycles. The Hall–Kier alpha value is -1.24. The largest absolute Gasteiger partial charge is 0.360 e. The highest BCUT2D eigenvalue weighted by molar-refractivity contribution is 7.73. The number of rotatable bonds is 7. The van der Waals surface area contributed by atoms with Gasteiger partial charge in [-0.25, -0.2) is 4.68 Å². The highest BCUT2D eigenvalue weighted by Gasteiger charge is 2.20. The van der Waals surface area contributed by atoms with Crippen LogP contribution in [0.3, 0.4) is 0 Å². The van der Waals surface area contributed by atoms with Gasteiger partial charge in [0.1, 0.15) is 0 Å². The summed E-state index contributed by atoms with van der Waals surface area (Å²) in [5.74, 6) is 0.800. The van der Waals surface area contributed by atoms with Gasteiger partial charge in [-0.1, -0.05) is 48.6 Å². The maximum Gasteiger partial charge on any atom is 0.204 e. The molecule has 1 fully saturated rings. The van der Waals surface area contributed by atoms with Crippen LogP contribution in [0.15, 0.2) is 30.3 Å². The van der Waals surface area contributed by atoms with E-state index in [1.807, 2.05) is 4.68 Å². The Morgan fingerprint density at radius 1 is 1.25 bits per heavy atom. The van der Waals surface area contributed by atoms with E-state index < -0.39 is 0 Å². The first kappa shape index (κ1) is 17.6. The number of aromatic nitrogens is 2. The number of hydrogen-bond donors (Lipinski definition) is 1. The van der Waals surface area contributed by atoms with Crippen LogP contribution in [0, 0.1) is 9.87 Å². The zero-order valence-corrected chi connectivity index (χ0v) is 15.9. The van der Waals surface area contributed by atoms with E-state index in [0.29, 0.717) is 0 Å². The molecule has 0 saturated carbocycles. The standard InChI is InChI=1S/C18H26N4S2/c1-2-10-19-17-20-22(18(23)24-17)14-21-11-8-16(9-12-21)13-15-6-4-3-5-7-15/h3-7,16H,2,8-14H2,1H3,(H,19,20). The van der Waals surface area contributed by atoms with Crippen molar-refractivity contribution in [3.8, 4) is 0 Å². The molecule has 130 valence electrons. The van der Waals surface area contributed by atoms with Gasteiger partial charge in [-0.2, -0.15) is 0 Å². The van der Waals surface area contributed by atoms with Crippen LogP contribution in [0.5, 0.6) is 0 Å². The van der Waals surface area contributed by atoms with Crippen molar-refractivity contribution in [2.24, 2.45) is 5.92 Å². The Morgan fingerprint density at radius 2 is 2.00 bits per heavy atom. The normalized spacial score (nSPS) is 16.4. The SMILES string of the molecule is CCCNc1nn(CN2CCC(Cc3ccccc3)CC2)c(=S)s1. The van der Waals surface area contributed by atoms with Gasteiger partial charge < -0.3 is 5.32 Å². The Balaban J connectivity index is 1.48. The fourth-order valence-corrected chi connectivity index (χ4v) is 4.19. The highest BCUT2D eigenvalue weighted by atomic mass is 32.1. The second-order valence-corrected chi connectivity index (χ2v) is 8.11. The fraction of sp³-hybridized carbons (Fsp3) is 0.556. The van der Waals surface area contributed by atoms with Gasteiger partial charge in [0.15, 0.2) is 3.95 Å². The molecule has 1 N–H and O–H groups in total. The number of piperidine rings is 1. The summed E-state index contributed by atoms with van der Waals surface area (Å²) in [6.07, 6.45) is 4.82. The van der Waals surface area contributed by atoms with Crippen molar-refractivity contribution in [1.82, 2.24) is 14.7 Å². The zero-order valence-electron chi connectivity index (χ0n) is 14.3. The molecule has 6 heteroatoms. The molecule has 3 rings (SSSR count). The second kappa shape index (κ2) is 8.74. The molecular formula is C18H26N4S2. The topological polar surface area (TPSA) is 33.1 Å². The van der Waals surface area contributed by atoms with Crippen molar-refractivity contribution in [3.05, 3.63) is 39.8 Å². The quantitative estimate of drug-likeness (QED) is 0.740. The third kappa shape index (κ3) is 4.88. The number of hydrogen-bond acceptors (Lipinski definition) is 5. The third-order valence-corrected chi connectivity index (χ3v) is 5.81. The summed E-state index contributed by atoms with van der Waals surface area (Å²) in [6, 6.07) is 10.8. The molecule has 0 radical (unpaired) electrons. The van der Waals surface area contributed by atoms with Crippen LogP contribution < -0.4 is 5.32 Å². The van der Waals surface area contributed by atoms with Crippen LogP contribution in [-0.4, -0.2) is 34.3 Å². The molecule has 2 aromatic rings. The number of benzene rings is 1. The van der Waals surface area contributed by atoms with Crippen molar-refractivity contribution in [3.63, 3.8) is 0 Å². The monoisotopic (exact) mass is 362 g/mol. The molecule has 1 aromatic carbocycles. The lowest BCUT2D eigenvalue weighted by Gasteiger charge is -2.31. The molecule has 0 aliphatic carbocycles. The fourth-order valence-electron chi connectivity index (χ4n) is 3.17. The minimum Gasteiger partial charge on any atom is -0.360 e. The number of anilines is 1. The van der Waals surface area contributed by atoms with E-state index in [1.54, 1.807) is 11.3 Å². The van der Waals surface area contributed by atoms with Crippen molar-refractivity contribution >= 4 is 28.7 Å². The molecule has 0 amide bonds. The van der Waals surface area contributed by atoms with Crippen molar-refractivity contribution in [2.75, 3.05) is 25.0 Å². The third-order valence-electron chi connectivity index (χ3n) is 4.54. The molecule has 2 heterocycles. The Bertz CT molecular complexity index is 672. The molecule has 0 unspecified atom stereocenters. The smallest absolute Gasteiger partial charge is 0.204 e. The van der Waals surface area contributed by atoms with Crippen LogP contribution in [-0.2, 0) is 13.1 Å². The average molecular weight is 363 g/mol. The van der Waals surface area contributed by atoms with E-state index in [4.69, 9.17) is 12.2 Å². The number of nitrogens with one attached hydrogen (secondary N) is 1. The van der Waals surface area contributed by atoms with Gasteiger partial charge in [0, 0.05) is 19.6 Å². The minimum atomic E-state index is 0.800. The number of nitrogens with zero attached hydrogens (tertiary/aromatic N) is 3. The Kier molecular flexibility index (Phi) is 6.40. The summed E-state index contributed by atoms with van der Waals surface area (Å²) >= 11 is 7.03. The molecule has 1 aliphatic heterocycles. The summed E-state index contributed by atoms with van der Waals surface area (Å²) in [6.45, 7) is 6.19. The lowest BCUT2D eigenvalue weighted by molar-refractivity contribution is 0.140. The average Bonchev–Trinajstić information content (AvgIpc) is 2.95. The molecule has 0 atom stereocenters. The second-order valence-electron chi connectivity index (χ2n) is 6.49. The van der Waals surface area contributed by atoms with E-state index in [1.165, 1.54) is 24.8 Å². The first-order valence-corrected chi connectivity index (χ1v) is 10.0. The summed E-state index contributed by atoms with van der Waals surface area (Å²) in [7, 11) is 0. The van der Waals surface area contributed by atoms with E-state index >= 15 is 0 Å². The Labute approximate surface area is 153 Å². The van der Waals surface area contributed by atoms with Crippen LogP contribution >= 0.6 is 23.6 Å². The van der Waals surface area contributed by atoms with Crippen molar-refractivity contribution < 1.29 is 0 Å². The van der Waals surface area contributed by atoms with Gasteiger partial charge in [-0.05, 0) is 49.4 Å². The first-order chi connectivity index (χ1) is 11.7. The summed E-state index contributed by atoms with van der Waals surface area (Å²) < 4.78 is 2.83. The minimum absolute atomic E-state index is 0.800. The Morgan fingerprint density at radius 3 is 2.71 bits per heavy atom. The highest BCUT2D eigenvalue weighted by Crippen LogP contribution is 2.22. The summed E-state index contributed by atoms with van der Waals surface area (Å²) in [5, 5.41) is 8.88. The summed E-state index contributed by atoms with van der Waals surface area (Å²) in [4.78, 5) is 2.47. The molecule has 1 saturated heterocycles. The van der Waals surface area contributed by atoms with Gasteiger partial charge in [0.05, 0.1) is 6.67 Å². The summed E-state index contributed by atoms with van der Waals surface area (Å²) in [5.41, 5.74) is 1.46. The molecule has 4 nitrogen and oxygen atoms in total. The maximum absolute atomic E-state index is 5.45. The van der Waals surface area contributed by atoms with Crippen molar-refractivity contribution in [1.29, 1.82) is 0 Å². The van der Waals surface area contributed by atoms with E-state index in [2.05, 4.69) is 52.6 Å². The molecule has 0 bridgehead atoms. The van der Waals surface area contributed by atoms with E-state index in [0.717, 1.165) is 47.7 Å². The molecule has 0 spiro atoms. The zero-order chi connectivity index (χ0) is 16.8. The predicted octanol–water partition coefficient (Wildman–Crippen LogP) is 4.41. The molecular weight excluding hydrogens is 336 g/mol. The van der Waals surface area contributed by atoms with Crippen LogP contribution in [0.2, 0.25) is 0 Å². The van der Waals surface area contributed by atoms with Crippen LogP contribution in [0.1, 0.15) is 31.7 Å². The molecule has 24 heavy (non-hydrogen) atoms. The molecule has 1 aliphatic rings. The van der Waals surface area contributed by atoms with Gasteiger partial charge in [0.2, 0.25) is 5.13 Å². The van der Waals surface area contributed by atoms with E-state index in [9.17, 15) is 0 Å². The van der Waals surface area contributed by atoms with Crippen molar-refractivity contribution in [2.45, 2.75) is 39.3 Å². The predicted molar refractivity (Wildman–Crippen MR) is 104 cm³/mol. The van der Waals surface area contributed by atoms with Gasteiger partial charge in [-0.15, -0.1) is 5.10 Å². The number of likely N-dealkylation sites (tertiary alicyclic amines) is 1. The lowest BCUT2D eigenvalue weighted by Crippen LogP contribution is -2.36.